The maximum Gasteiger partial charge on any atom is 0.230 e. The van der Waals surface area contributed by atoms with Gasteiger partial charge in [-0.3, -0.25) is 9.59 Å². The smallest absolute Gasteiger partial charge is 0.230 e. The first-order valence-electron chi connectivity index (χ1n) is 7.06. The molecule has 0 spiro atoms. The van der Waals surface area contributed by atoms with Crippen LogP contribution in [-0.4, -0.2) is 54.2 Å². The van der Waals surface area contributed by atoms with E-state index in [1.165, 1.54) is 18.2 Å². The maximum atomic E-state index is 11.6. The van der Waals surface area contributed by atoms with Crippen molar-refractivity contribution >= 4 is 35.3 Å². The quantitative estimate of drug-likeness (QED) is 0.626. The molecule has 0 aromatic heterocycles. The summed E-state index contributed by atoms with van der Waals surface area (Å²) in [7, 11) is 0. The van der Waals surface area contributed by atoms with Crippen molar-refractivity contribution in [2.75, 3.05) is 37.0 Å². The van der Waals surface area contributed by atoms with Crippen molar-refractivity contribution in [2.45, 2.75) is 31.6 Å². The maximum absolute atomic E-state index is 11.6. The monoisotopic (exact) mass is 320 g/mol. The van der Waals surface area contributed by atoms with Gasteiger partial charge in [0, 0.05) is 25.4 Å². The van der Waals surface area contributed by atoms with Gasteiger partial charge >= 0.3 is 0 Å². The zero-order valence-electron chi connectivity index (χ0n) is 12.0. The molecule has 116 valence electrons. The van der Waals surface area contributed by atoms with Crippen LogP contribution in [0.15, 0.2) is 0 Å². The van der Waals surface area contributed by atoms with Crippen LogP contribution >= 0.6 is 23.5 Å². The Morgan fingerprint density at radius 1 is 1.20 bits per heavy atom. The number of carbonyl (C=O) groups excluding carboxylic acids is 2. The Hall–Kier alpha value is -0.400. The van der Waals surface area contributed by atoms with Gasteiger partial charge in [-0.1, -0.05) is 0 Å². The van der Waals surface area contributed by atoms with Crippen LogP contribution in [0.4, 0.5) is 0 Å². The van der Waals surface area contributed by atoms with Crippen LogP contribution in [0.2, 0.25) is 0 Å². The first-order chi connectivity index (χ1) is 9.72. The molecule has 0 aliphatic carbocycles. The molecule has 2 amide bonds. The third-order valence-electron chi connectivity index (χ3n) is 2.71. The van der Waals surface area contributed by atoms with Gasteiger partial charge in [-0.25, -0.2) is 0 Å². The Labute approximate surface area is 129 Å². The number of thioether (sulfide) groups is 2. The van der Waals surface area contributed by atoms with E-state index in [1.807, 2.05) is 6.92 Å². The molecule has 0 saturated carbocycles. The van der Waals surface area contributed by atoms with E-state index in [0.717, 1.165) is 25.2 Å². The van der Waals surface area contributed by atoms with E-state index in [4.69, 9.17) is 4.74 Å². The van der Waals surface area contributed by atoms with Crippen molar-refractivity contribution in [3.8, 4) is 0 Å². The molecule has 1 aliphatic heterocycles. The van der Waals surface area contributed by atoms with Gasteiger partial charge in [-0.05, 0) is 26.2 Å². The third kappa shape index (κ3) is 8.71. The topological polar surface area (TPSA) is 67.4 Å². The largest absolute Gasteiger partial charge is 0.368 e. The van der Waals surface area contributed by atoms with Crippen LogP contribution in [0.5, 0.6) is 0 Å². The lowest BCUT2D eigenvalue weighted by Gasteiger charge is -2.21. The second-order valence-electron chi connectivity index (χ2n) is 4.46. The summed E-state index contributed by atoms with van der Waals surface area (Å²) in [5.41, 5.74) is 0.182. The van der Waals surface area contributed by atoms with Crippen LogP contribution in [0.3, 0.4) is 0 Å². The number of hydrogen-bond donors (Lipinski definition) is 2. The highest BCUT2D eigenvalue weighted by Gasteiger charge is 2.15. The summed E-state index contributed by atoms with van der Waals surface area (Å²) in [6, 6.07) is 0. The second kappa shape index (κ2) is 11.3. The molecule has 2 N–H and O–H groups in total. The van der Waals surface area contributed by atoms with Crippen LogP contribution in [0, 0.1) is 0 Å². The molecule has 1 rings (SSSR count). The molecular weight excluding hydrogens is 296 g/mol. The molecule has 0 aromatic carbocycles. The molecule has 20 heavy (non-hydrogen) atoms. The second-order valence-corrected chi connectivity index (χ2v) is 6.72. The summed E-state index contributed by atoms with van der Waals surface area (Å²) in [6.07, 6.45) is 3.36. The molecule has 1 unspecified atom stereocenters. The number of carbonyl (C=O) groups is 2. The molecular formula is C13H24N2O3S2. The minimum absolute atomic E-state index is 0.0442. The number of hydrogen-bond acceptors (Lipinski definition) is 5. The van der Waals surface area contributed by atoms with E-state index in [-0.39, 0.29) is 17.3 Å². The van der Waals surface area contributed by atoms with Gasteiger partial charge in [0.2, 0.25) is 11.8 Å². The lowest BCUT2D eigenvalue weighted by molar-refractivity contribution is -0.119. The van der Waals surface area contributed by atoms with Crippen molar-refractivity contribution in [3.63, 3.8) is 0 Å². The zero-order chi connectivity index (χ0) is 14.6. The predicted octanol–water partition coefficient (Wildman–Crippen LogP) is 1.23. The summed E-state index contributed by atoms with van der Waals surface area (Å²) in [4.78, 5) is 22.8. The SMILES string of the molecule is CCNC(=O)CSCCNC(=O)CSC1CCCCO1. The van der Waals surface area contributed by atoms with Crippen LogP contribution in [0.1, 0.15) is 26.2 Å². The molecule has 1 saturated heterocycles. The summed E-state index contributed by atoms with van der Waals surface area (Å²) in [5.74, 6) is 1.75. The molecule has 7 heteroatoms. The van der Waals surface area contributed by atoms with Gasteiger partial charge in [0.25, 0.3) is 0 Å². The lowest BCUT2D eigenvalue weighted by atomic mass is 10.2. The zero-order valence-corrected chi connectivity index (χ0v) is 13.6. The first-order valence-corrected chi connectivity index (χ1v) is 9.27. The minimum Gasteiger partial charge on any atom is -0.368 e. The Morgan fingerprint density at radius 2 is 2.00 bits per heavy atom. The van der Waals surface area contributed by atoms with Crippen molar-refractivity contribution in [1.29, 1.82) is 0 Å². The van der Waals surface area contributed by atoms with E-state index in [0.29, 0.717) is 24.6 Å². The van der Waals surface area contributed by atoms with Crippen LogP contribution in [0.25, 0.3) is 0 Å². The Morgan fingerprint density at radius 3 is 2.70 bits per heavy atom. The van der Waals surface area contributed by atoms with E-state index < -0.39 is 0 Å². The highest BCUT2D eigenvalue weighted by atomic mass is 32.2. The first kappa shape index (κ1) is 17.7. The fourth-order valence-electron chi connectivity index (χ4n) is 1.74. The van der Waals surface area contributed by atoms with E-state index >= 15 is 0 Å². The van der Waals surface area contributed by atoms with E-state index in [2.05, 4.69) is 10.6 Å². The molecule has 1 atom stereocenters. The van der Waals surface area contributed by atoms with Crippen LogP contribution < -0.4 is 10.6 Å². The third-order valence-corrected chi connectivity index (χ3v) is 4.85. The van der Waals surface area contributed by atoms with Crippen LogP contribution in [-0.2, 0) is 14.3 Å². The Bertz CT molecular complexity index is 297. The summed E-state index contributed by atoms with van der Waals surface area (Å²) in [5, 5.41) is 5.60. The van der Waals surface area contributed by atoms with Gasteiger partial charge in [0.15, 0.2) is 0 Å². The Balaban J connectivity index is 1.93. The van der Waals surface area contributed by atoms with Gasteiger partial charge in [0.05, 0.1) is 11.5 Å². The number of ether oxygens (including phenoxy) is 1. The van der Waals surface area contributed by atoms with Gasteiger partial charge in [0.1, 0.15) is 5.44 Å². The van der Waals surface area contributed by atoms with Gasteiger partial charge in [-0.15, -0.1) is 11.8 Å². The van der Waals surface area contributed by atoms with Crippen molar-refractivity contribution in [3.05, 3.63) is 0 Å². The summed E-state index contributed by atoms with van der Waals surface area (Å²) in [6.45, 7) is 3.98. The highest BCUT2D eigenvalue weighted by Crippen LogP contribution is 2.22. The average molecular weight is 320 g/mol. The molecule has 5 nitrogen and oxygen atoms in total. The Kier molecular flexibility index (Phi) is 9.96. The number of nitrogens with one attached hydrogen (secondary N) is 2. The fourth-order valence-corrected chi connectivity index (χ4v) is 3.38. The number of amides is 2. The van der Waals surface area contributed by atoms with E-state index in [9.17, 15) is 9.59 Å². The molecule has 1 fully saturated rings. The molecule has 1 aliphatic rings. The summed E-state index contributed by atoms with van der Waals surface area (Å²) >= 11 is 3.11. The van der Waals surface area contributed by atoms with E-state index in [1.54, 1.807) is 11.8 Å². The highest BCUT2D eigenvalue weighted by molar-refractivity contribution is 8.00. The van der Waals surface area contributed by atoms with Gasteiger partial charge < -0.3 is 15.4 Å². The van der Waals surface area contributed by atoms with Crippen molar-refractivity contribution in [1.82, 2.24) is 10.6 Å². The molecule has 0 aromatic rings. The van der Waals surface area contributed by atoms with Crippen molar-refractivity contribution in [2.24, 2.45) is 0 Å². The molecule has 0 bridgehead atoms. The molecule has 1 heterocycles. The van der Waals surface area contributed by atoms with Crippen molar-refractivity contribution < 1.29 is 14.3 Å². The molecule has 0 radical (unpaired) electrons. The summed E-state index contributed by atoms with van der Waals surface area (Å²) < 4.78 is 5.56. The number of rotatable bonds is 9. The fraction of sp³-hybridized carbons (Fsp3) is 0.846. The average Bonchev–Trinajstić information content (AvgIpc) is 2.46. The van der Waals surface area contributed by atoms with Gasteiger partial charge in [-0.2, -0.15) is 11.8 Å². The lowest BCUT2D eigenvalue weighted by Crippen LogP contribution is -2.29. The normalized spacial score (nSPS) is 18.6. The predicted molar refractivity (Wildman–Crippen MR) is 85.1 cm³/mol. The standard InChI is InChI=1S/C13H24N2O3S2/c1-2-14-11(16)9-19-8-6-15-12(17)10-20-13-5-3-4-7-18-13/h13H,2-10H2,1H3,(H,14,16)(H,15,17). The minimum atomic E-state index is 0.0442.